The van der Waals surface area contributed by atoms with E-state index in [-0.39, 0.29) is 24.2 Å². The lowest BCUT2D eigenvalue weighted by Gasteiger charge is -2.23. The molecule has 1 aromatic heterocycles. The highest BCUT2D eigenvalue weighted by atomic mass is 16.7. The smallest absolute Gasteiger partial charge is 0.295 e. The average Bonchev–Trinajstić information content (AvgIpc) is 3.44. The normalized spacial score (nSPS) is 19.6. The summed E-state index contributed by atoms with van der Waals surface area (Å²) in [7, 11) is 0. The molecule has 164 valence electrons. The Morgan fingerprint density at radius 2 is 1.97 bits per heavy atom. The Balaban J connectivity index is 1.71. The van der Waals surface area contributed by atoms with Gasteiger partial charge in [0.2, 0.25) is 6.79 Å². The van der Waals surface area contributed by atoms with Crippen molar-refractivity contribution >= 4 is 17.4 Å². The molecule has 0 saturated carbocycles. The Kier molecular flexibility index (Phi) is 5.73. The van der Waals surface area contributed by atoms with Gasteiger partial charge in [-0.3, -0.25) is 9.59 Å². The fraction of sp³-hybridized carbons (Fsp3) is 0.391. The number of carbonyl (C=O) groups excluding carboxylic acids is 2. The number of hydrogen-bond acceptors (Lipinski definition) is 7. The molecule has 1 unspecified atom stereocenters. The molecule has 2 aliphatic rings. The zero-order valence-electron chi connectivity index (χ0n) is 17.7. The molecular formula is C23H25NO7. The third-order valence-corrected chi connectivity index (χ3v) is 5.21. The van der Waals surface area contributed by atoms with Gasteiger partial charge in [0.05, 0.1) is 11.7 Å². The van der Waals surface area contributed by atoms with Crippen LogP contribution in [0.5, 0.6) is 11.5 Å². The van der Waals surface area contributed by atoms with E-state index in [1.54, 1.807) is 37.3 Å². The van der Waals surface area contributed by atoms with E-state index in [4.69, 9.17) is 18.6 Å². The van der Waals surface area contributed by atoms with Crippen LogP contribution in [0.4, 0.5) is 0 Å². The van der Waals surface area contributed by atoms with Gasteiger partial charge in [-0.25, -0.2) is 0 Å². The van der Waals surface area contributed by atoms with E-state index in [1.165, 1.54) is 4.90 Å². The van der Waals surface area contributed by atoms with Crippen LogP contribution in [0.1, 0.15) is 43.4 Å². The van der Waals surface area contributed by atoms with Crippen LogP contribution < -0.4 is 9.47 Å². The van der Waals surface area contributed by atoms with Crippen LogP contribution in [0.15, 0.2) is 40.3 Å². The number of aliphatic hydroxyl groups excluding tert-OH is 1. The van der Waals surface area contributed by atoms with E-state index in [1.807, 2.05) is 13.8 Å². The minimum absolute atomic E-state index is 0.0111. The van der Waals surface area contributed by atoms with Gasteiger partial charge in [0.1, 0.15) is 23.3 Å². The molecule has 1 amide bonds. The SMILES string of the molecule is Cc1ccc(C2/C(=C(/O)c3ccc4c(c3)OCO4)C(=O)C(=O)N2CCCOC(C)C)o1. The standard InChI is InChI=1S/C23H25NO7/c1-13(2)28-10-4-9-24-20(17-7-5-14(3)31-17)19(22(26)23(24)27)21(25)15-6-8-16-18(11-15)30-12-29-16/h5-8,11,13,20,25H,4,9-10,12H2,1-3H3/b21-19-. The Hall–Kier alpha value is -3.26. The van der Waals surface area contributed by atoms with Crippen LogP contribution in [0, 0.1) is 6.92 Å². The lowest BCUT2D eigenvalue weighted by molar-refractivity contribution is -0.140. The van der Waals surface area contributed by atoms with Crippen molar-refractivity contribution in [2.75, 3.05) is 19.9 Å². The van der Waals surface area contributed by atoms with Gasteiger partial charge in [-0.05, 0) is 57.5 Å². The molecule has 4 rings (SSSR count). The number of nitrogens with zero attached hydrogens (tertiary/aromatic N) is 1. The molecule has 3 heterocycles. The minimum atomic E-state index is -0.821. The van der Waals surface area contributed by atoms with Gasteiger partial charge in [0.25, 0.3) is 11.7 Å². The van der Waals surface area contributed by atoms with Crippen LogP contribution in [0.2, 0.25) is 0 Å². The van der Waals surface area contributed by atoms with Gasteiger partial charge < -0.3 is 28.6 Å². The van der Waals surface area contributed by atoms with Crippen molar-refractivity contribution in [1.29, 1.82) is 0 Å². The van der Waals surface area contributed by atoms with E-state index in [0.29, 0.717) is 48.2 Å². The Morgan fingerprint density at radius 1 is 1.19 bits per heavy atom. The number of fused-ring (bicyclic) bond motifs is 1. The van der Waals surface area contributed by atoms with E-state index in [0.717, 1.165) is 0 Å². The Morgan fingerprint density at radius 3 is 2.68 bits per heavy atom. The van der Waals surface area contributed by atoms with Crippen molar-refractivity contribution in [1.82, 2.24) is 4.90 Å². The fourth-order valence-corrected chi connectivity index (χ4v) is 3.76. The fourth-order valence-electron chi connectivity index (χ4n) is 3.76. The molecule has 8 nitrogen and oxygen atoms in total. The summed E-state index contributed by atoms with van der Waals surface area (Å²) in [6, 6.07) is 7.53. The first kappa shape index (κ1) is 21.0. The number of ketones is 1. The number of Topliss-reactive ketones (excluding diaryl/α,β-unsaturated/α-hetero) is 1. The number of ether oxygens (including phenoxy) is 3. The predicted octanol–water partition coefficient (Wildman–Crippen LogP) is 3.55. The second kappa shape index (κ2) is 8.47. The second-order valence-electron chi connectivity index (χ2n) is 7.78. The Labute approximate surface area is 180 Å². The molecule has 0 aliphatic carbocycles. The van der Waals surface area contributed by atoms with Crippen molar-refractivity contribution in [3.8, 4) is 11.5 Å². The number of amides is 1. The van der Waals surface area contributed by atoms with Gasteiger partial charge in [-0.15, -0.1) is 0 Å². The number of aryl methyl sites for hydroxylation is 1. The van der Waals surface area contributed by atoms with Gasteiger partial charge >= 0.3 is 0 Å². The molecule has 1 atom stereocenters. The highest BCUT2D eigenvalue weighted by molar-refractivity contribution is 6.46. The summed E-state index contributed by atoms with van der Waals surface area (Å²) in [5.41, 5.74) is 0.349. The van der Waals surface area contributed by atoms with Crippen LogP contribution in [-0.2, 0) is 14.3 Å². The first-order valence-corrected chi connectivity index (χ1v) is 10.2. The number of aliphatic hydroxyl groups is 1. The third-order valence-electron chi connectivity index (χ3n) is 5.21. The maximum absolute atomic E-state index is 13.0. The number of rotatable bonds is 7. The van der Waals surface area contributed by atoms with Crippen molar-refractivity contribution in [3.63, 3.8) is 0 Å². The highest BCUT2D eigenvalue weighted by Crippen LogP contribution is 2.41. The second-order valence-corrected chi connectivity index (χ2v) is 7.78. The lowest BCUT2D eigenvalue weighted by atomic mass is 9.99. The number of furan rings is 1. The summed E-state index contributed by atoms with van der Waals surface area (Å²) in [6.45, 7) is 6.48. The van der Waals surface area contributed by atoms with Gasteiger partial charge in [-0.2, -0.15) is 0 Å². The summed E-state index contributed by atoms with van der Waals surface area (Å²) in [6.07, 6.45) is 0.621. The van der Waals surface area contributed by atoms with Crippen LogP contribution in [0.25, 0.3) is 5.76 Å². The molecule has 0 spiro atoms. The number of hydrogen-bond donors (Lipinski definition) is 1. The minimum Gasteiger partial charge on any atom is -0.507 e. The molecule has 2 aliphatic heterocycles. The maximum atomic E-state index is 13.0. The molecule has 2 aromatic rings. The molecule has 8 heteroatoms. The van der Waals surface area contributed by atoms with Crippen molar-refractivity contribution in [2.24, 2.45) is 0 Å². The van der Waals surface area contributed by atoms with Crippen molar-refractivity contribution < 1.29 is 33.3 Å². The topological polar surface area (TPSA) is 98.4 Å². The zero-order valence-corrected chi connectivity index (χ0v) is 17.7. The molecule has 31 heavy (non-hydrogen) atoms. The number of carbonyl (C=O) groups is 2. The van der Waals surface area contributed by atoms with Crippen molar-refractivity contribution in [2.45, 2.75) is 39.3 Å². The van der Waals surface area contributed by atoms with E-state index >= 15 is 0 Å². The van der Waals surface area contributed by atoms with Gasteiger partial charge in [-0.1, -0.05) is 0 Å². The molecule has 1 fully saturated rings. The molecule has 0 bridgehead atoms. The molecule has 1 N–H and O–H groups in total. The summed E-state index contributed by atoms with van der Waals surface area (Å²) < 4.78 is 22.0. The first-order chi connectivity index (χ1) is 14.9. The third kappa shape index (κ3) is 4.03. The van der Waals surface area contributed by atoms with E-state index in [2.05, 4.69) is 0 Å². The zero-order chi connectivity index (χ0) is 22.1. The van der Waals surface area contributed by atoms with Crippen LogP contribution in [-0.4, -0.2) is 47.7 Å². The molecule has 0 radical (unpaired) electrons. The summed E-state index contributed by atoms with van der Waals surface area (Å²) in [5, 5.41) is 11.1. The summed E-state index contributed by atoms with van der Waals surface area (Å²) in [4.78, 5) is 27.3. The summed E-state index contributed by atoms with van der Waals surface area (Å²) >= 11 is 0. The summed E-state index contributed by atoms with van der Waals surface area (Å²) in [5.74, 6) is 0.381. The maximum Gasteiger partial charge on any atom is 0.295 e. The van der Waals surface area contributed by atoms with Gasteiger partial charge in [0.15, 0.2) is 11.5 Å². The number of likely N-dealkylation sites (tertiary alicyclic amines) is 1. The van der Waals surface area contributed by atoms with E-state index in [9.17, 15) is 14.7 Å². The largest absolute Gasteiger partial charge is 0.507 e. The first-order valence-electron chi connectivity index (χ1n) is 10.2. The van der Waals surface area contributed by atoms with Crippen molar-refractivity contribution in [3.05, 3.63) is 53.0 Å². The average molecular weight is 427 g/mol. The lowest BCUT2D eigenvalue weighted by Crippen LogP contribution is -2.31. The molecular weight excluding hydrogens is 402 g/mol. The molecule has 1 saturated heterocycles. The predicted molar refractivity (Wildman–Crippen MR) is 111 cm³/mol. The van der Waals surface area contributed by atoms with Crippen LogP contribution >= 0.6 is 0 Å². The highest BCUT2D eigenvalue weighted by Gasteiger charge is 2.47. The Bertz CT molecular complexity index is 1040. The quantitative estimate of drug-likeness (QED) is 0.312. The number of benzene rings is 1. The van der Waals surface area contributed by atoms with Crippen LogP contribution in [0.3, 0.4) is 0 Å². The monoisotopic (exact) mass is 427 g/mol. The van der Waals surface area contributed by atoms with Gasteiger partial charge in [0, 0.05) is 18.7 Å². The van der Waals surface area contributed by atoms with E-state index < -0.39 is 17.7 Å². The molecule has 1 aromatic carbocycles.